The highest BCUT2D eigenvalue weighted by Gasteiger charge is 2.47. The van der Waals surface area contributed by atoms with Crippen LogP contribution in [0.25, 0.3) is 0 Å². The molecule has 2 heterocycles. The Hall–Kier alpha value is -2.08. The lowest BCUT2D eigenvalue weighted by molar-refractivity contribution is 0.000765. The lowest BCUT2D eigenvalue weighted by Gasteiger charge is -2.37. The van der Waals surface area contributed by atoms with Gasteiger partial charge in [0.1, 0.15) is 5.60 Å². The van der Waals surface area contributed by atoms with Gasteiger partial charge in [-0.05, 0) is 44.2 Å². The molecule has 0 aromatic heterocycles. The van der Waals surface area contributed by atoms with Gasteiger partial charge in [0, 0.05) is 37.2 Å². The van der Waals surface area contributed by atoms with Gasteiger partial charge in [-0.3, -0.25) is 10.3 Å². The molecule has 2 fully saturated rings. The number of nitrogens with one attached hydrogen (secondary N) is 1. The summed E-state index contributed by atoms with van der Waals surface area (Å²) in [5.41, 5.74) is 1.17. The molecule has 2 saturated heterocycles. The summed E-state index contributed by atoms with van der Waals surface area (Å²) in [6.07, 6.45) is 3.96. The molecule has 1 amide bonds. The van der Waals surface area contributed by atoms with Gasteiger partial charge in [-0.2, -0.15) is 0 Å². The van der Waals surface area contributed by atoms with Crippen LogP contribution in [0.4, 0.5) is 10.5 Å². The van der Waals surface area contributed by atoms with Gasteiger partial charge < -0.3 is 14.4 Å². The van der Waals surface area contributed by atoms with Gasteiger partial charge in [-0.15, -0.1) is 0 Å². The van der Waals surface area contributed by atoms with Crippen LogP contribution in [0.15, 0.2) is 24.3 Å². The molecule has 2 aliphatic heterocycles. The van der Waals surface area contributed by atoms with Crippen LogP contribution in [0.2, 0.25) is 0 Å². The number of hydrogen-bond donors (Lipinski definition) is 1. The molecule has 142 valence electrons. The SMILES string of the molecule is CCCCN1CCC2(CC1)CN(c1ccc(C(=N)OCC)cc1)C(=O)O2. The van der Waals surface area contributed by atoms with E-state index in [0.29, 0.717) is 18.7 Å². The van der Waals surface area contributed by atoms with Gasteiger partial charge in [-0.1, -0.05) is 13.3 Å². The number of rotatable bonds is 6. The number of piperidine rings is 1. The van der Waals surface area contributed by atoms with Gasteiger partial charge in [-0.25, -0.2) is 4.79 Å². The summed E-state index contributed by atoms with van der Waals surface area (Å²) in [6.45, 7) is 8.26. The molecule has 2 aliphatic rings. The minimum absolute atomic E-state index is 0.152. The Kier molecular flexibility index (Phi) is 5.81. The lowest BCUT2D eigenvalue weighted by atomic mass is 9.91. The monoisotopic (exact) mass is 359 g/mol. The molecule has 0 unspecified atom stereocenters. The molecule has 26 heavy (non-hydrogen) atoms. The molecule has 0 atom stereocenters. The summed E-state index contributed by atoms with van der Waals surface area (Å²) in [4.78, 5) is 16.6. The van der Waals surface area contributed by atoms with Crippen molar-refractivity contribution in [2.45, 2.75) is 45.1 Å². The second-order valence-electron chi connectivity index (χ2n) is 7.14. The van der Waals surface area contributed by atoms with Crippen LogP contribution in [-0.2, 0) is 9.47 Å². The van der Waals surface area contributed by atoms with Gasteiger partial charge in [0.2, 0.25) is 5.90 Å². The molecular formula is C20H29N3O3. The third-order valence-electron chi connectivity index (χ3n) is 5.30. The number of unbranched alkanes of at least 4 members (excludes halogenated alkanes) is 1. The normalized spacial score (nSPS) is 19.6. The summed E-state index contributed by atoms with van der Waals surface area (Å²) in [6, 6.07) is 7.36. The molecule has 1 aromatic rings. The molecule has 1 spiro atoms. The molecule has 0 saturated carbocycles. The molecule has 6 nitrogen and oxygen atoms in total. The first-order valence-electron chi connectivity index (χ1n) is 9.61. The van der Waals surface area contributed by atoms with Crippen molar-refractivity contribution < 1.29 is 14.3 Å². The van der Waals surface area contributed by atoms with E-state index in [0.717, 1.165) is 38.2 Å². The first-order valence-corrected chi connectivity index (χ1v) is 9.61. The van der Waals surface area contributed by atoms with Crippen molar-refractivity contribution in [1.29, 1.82) is 5.41 Å². The van der Waals surface area contributed by atoms with Crippen LogP contribution >= 0.6 is 0 Å². The van der Waals surface area contributed by atoms with Crippen LogP contribution in [0.1, 0.15) is 45.1 Å². The number of likely N-dealkylation sites (tertiary alicyclic amines) is 1. The second-order valence-corrected chi connectivity index (χ2v) is 7.14. The lowest BCUT2D eigenvalue weighted by Crippen LogP contribution is -2.47. The summed E-state index contributed by atoms with van der Waals surface area (Å²) in [5, 5.41) is 7.84. The van der Waals surface area contributed by atoms with E-state index in [4.69, 9.17) is 14.9 Å². The zero-order chi connectivity index (χ0) is 18.6. The zero-order valence-electron chi connectivity index (χ0n) is 15.8. The summed E-state index contributed by atoms with van der Waals surface area (Å²) >= 11 is 0. The molecule has 6 heteroatoms. The third kappa shape index (κ3) is 4.01. The largest absolute Gasteiger partial charge is 0.478 e. The minimum atomic E-state index is -0.351. The fraction of sp³-hybridized carbons (Fsp3) is 0.600. The van der Waals surface area contributed by atoms with E-state index in [2.05, 4.69) is 11.8 Å². The Morgan fingerprint density at radius 3 is 2.54 bits per heavy atom. The molecule has 0 aliphatic carbocycles. The highest BCUT2D eigenvalue weighted by molar-refractivity contribution is 5.94. The fourth-order valence-electron chi connectivity index (χ4n) is 3.67. The number of hydrogen-bond acceptors (Lipinski definition) is 5. The smallest absolute Gasteiger partial charge is 0.415 e. The zero-order valence-corrected chi connectivity index (χ0v) is 15.8. The van der Waals surface area contributed by atoms with Crippen LogP contribution in [0.3, 0.4) is 0 Å². The topological polar surface area (TPSA) is 65.9 Å². The number of amides is 1. The number of nitrogens with zero attached hydrogens (tertiary/aromatic N) is 2. The highest BCUT2D eigenvalue weighted by Crippen LogP contribution is 2.35. The maximum atomic E-state index is 12.4. The van der Waals surface area contributed by atoms with Crippen molar-refractivity contribution in [2.24, 2.45) is 0 Å². The summed E-state index contributed by atoms with van der Waals surface area (Å²) in [7, 11) is 0. The number of anilines is 1. The first kappa shape index (κ1) is 18.7. The van der Waals surface area contributed by atoms with Crippen molar-refractivity contribution in [3.63, 3.8) is 0 Å². The Balaban J connectivity index is 1.62. The van der Waals surface area contributed by atoms with Crippen molar-refractivity contribution in [2.75, 3.05) is 37.7 Å². The van der Waals surface area contributed by atoms with Gasteiger partial charge >= 0.3 is 6.09 Å². The maximum absolute atomic E-state index is 12.4. The summed E-state index contributed by atoms with van der Waals surface area (Å²) < 4.78 is 11.0. The molecule has 0 radical (unpaired) electrons. The van der Waals surface area contributed by atoms with E-state index in [1.54, 1.807) is 4.90 Å². The molecular weight excluding hydrogens is 330 g/mol. The maximum Gasteiger partial charge on any atom is 0.415 e. The van der Waals surface area contributed by atoms with Crippen LogP contribution in [0, 0.1) is 5.41 Å². The van der Waals surface area contributed by atoms with E-state index in [1.165, 1.54) is 12.8 Å². The average molecular weight is 359 g/mol. The van der Waals surface area contributed by atoms with E-state index in [-0.39, 0.29) is 17.6 Å². The molecule has 0 bridgehead atoms. The Labute approximate surface area is 155 Å². The Morgan fingerprint density at radius 2 is 1.92 bits per heavy atom. The van der Waals surface area contributed by atoms with Crippen molar-refractivity contribution >= 4 is 17.7 Å². The minimum Gasteiger partial charge on any atom is -0.478 e. The van der Waals surface area contributed by atoms with Crippen LogP contribution in [-0.4, -0.2) is 55.3 Å². The highest BCUT2D eigenvalue weighted by atomic mass is 16.6. The van der Waals surface area contributed by atoms with E-state index in [9.17, 15) is 4.79 Å². The fourth-order valence-corrected chi connectivity index (χ4v) is 3.67. The summed E-state index contributed by atoms with van der Waals surface area (Å²) in [5.74, 6) is 0.152. The van der Waals surface area contributed by atoms with Crippen molar-refractivity contribution in [3.05, 3.63) is 29.8 Å². The standard InChI is InChI=1S/C20H29N3O3/c1-3-5-12-22-13-10-20(11-14-22)15-23(19(24)26-20)17-8-6-16(7-9-17)18(21)25-4-2/h6-9,21H,3-5,10-15H2,1-2H3. The number of benzene rings is 1. The first-order chi connectivity index (χ1) is 12.6. The van der Waals surface area contributed by atoms with Gasteiger partial charge in [0.15, 0.2) is 0 Å². The molecule has 1 aromatic carbocycles. The van der Waals surface area contributed by atoms with Gasteiger partial charge in [0.05, 0.1) is 13.2 Å². The number of ether oxygens (including phenoxy) is 2. The predicted octanol–water partition coefficient (Wildman–Crippen LogP) is 3.64. The Bertz CT molecular complexity index is 636. The molecule has 3 rings (SSSR count). The van der Waals surface area contributed by atoms with Crippen LogP contribution in [0.5, 0.6) is 0 Å². The van der Waals surface area contributed by atoms with E-state index < -0.39 is 0 Å². The molecule has 1 N–H and O–H groups in total. The number of carbonyl (C=O) groups is 1. The van der Waals surface area contributed by atoms with Crippen LogP contribution < -0.4 is 4.90 Å². The van der Waals surface area contributed by atoms with Crippen molar-refractivity contribution in [1.82, 2.24) is 4.90 Å². The van der Waals surface area contributed by atoms with E-state index >= 15 is 0 Å². The number of carbonyl (C=O) groups excluding carboxylic acids is 1. The predicted molar refractivity (Wildman–Crippen MR) is 102 cm³/mol. The quantitative estimate of drug-likeness (QED) is 0.622. The van der Waals surface area contributed by atoms with E-state index in [1.807, 2.05) is 31.2 Å². The Morgan fingerprint density at radius 1 is 1.23 bits per heavy atom. The van der Waals surface area contributed by atoms with Gasteiger partial charge in [0.25, 0.3) is 0 Å². The van der Waals surface area contributed by atoms with Crippen molar-refractivity contribution in [3.8, 4) is 0 Å². The third-order valence-corrected chi connectivity index (χ3v) is 5.30. The average Bonchev–Trinajstić information content (AvgIpc) is 2.98. The second kappa shape index (κ2) is 8.08.